The van der Waals surface area contributed by atoms with E-state index in [0.29, 0.717) is 19.4 Å². The van der Waals surface area contributed by atoms with E-state index >= 15 is 0 Å². The third-order valence-corrected chi connectivity index (χ3v) is 4.43. The van der Waals surface area contributed by atoms with Gasteiger partial charge in [-0.2, -0.15) is 0 Å². The first-order valence-electron chi connectivity index (χ1n) is 5.42. The lowest BCUT2D eigenvalue weighted by atomic mass is 10.3. The number of nitrogens with one attached hydrogen (secondary N) is 1. The van der Waals surface area contributed by atoms with E-state index in [0.717, 1.165) is 17.1 Å². The number of thiazole rings is 1. The van der Waals surface area contributed by atoms with Gasteiger partial charge < -0.3 is 0 Å². The van der Waals surface area contributed by atoms with Crippen LogP contribution in [-0.2, 0) is 16.4 Å². The summed E-state index contributed by atoms with van der Waals surface area (Å²) in [5.41, 5.74) is 0.959. The van der Waals surface area contributed by atoms with Gasteiger partial charge in [0.2, 0.25) is 10.0 Å². The summed E-state index contributed by atoms with van der Waals surface area (Å²) in [7, 11) is -3.08. The number of aromatic nitrogens is 1. The van der Waals surface area contributed by atoms with Crippen LogP contribution in [0, 0.1) is 6.92 Å². The highest BCUT2D eigenvalue weighted by Crippen LogP contribution is 2.07. The molecule has 0 atom stereocenters. The summed E-state index contributed by atoms with van der Waals surface area (Å²) in [5.74, 6) is 0.222. The molecule has 0 bridgehead atoms. The third-order valence-electron chi connectivity index (χ3n) is 2.14. The molecular weight excluding hydrogens is 244 g/mol. The van der Waals surface area contributed by atoms with Gasteiger partial charge in [-0.3, -0.25) is 0 Å². The van der Waals surface area contributed by atoms with E-state index in [-0.39, 0.29) is 5.75 Å². The van der Waals surface area contributed by atoms with Crippen molar-refractivity contribution < 1.29 is 8.42 Å². The fraction of sp³-hybridized carbons (Fsp3) is 0.700. The number of hydrogen-bond acceptors (Lipinski definition) is 4. The lowest BCUT2D eigenvalue weighted by Crippen LogP contribution is -2.28. The van der Waals surface area contributed by atoms with Crippen LogP contribution in [0.5, 0.6) is 0 Å². The maximum atomic E-state index is 11.5. The van der Waals surface area contributed by atoms with Gasteiger partial charge in [0.25, 0.3) is 0 Å². The molecule has 0 amide bonds. The summed E-state index contributed by atoms with van der Waals surface area (Å²) in [6.07, 6.45) is 2.27. The molecule has 0 aromatic carbocycles. The monoisotopic (exact) mass is 262 g/mol. The van der Waals surface area contributed by atoms with Crippen molar-refractivity contribution in [2.24, 2.45) is 0 Å². The van der Waals surface area contributed by atoms with Crippen molar-refractivity contribution in [1.29, 1.82) is 0 Å². The first-order chi connectivity index (χ1) is 7.53. The minimum atomic E-state index is -3.08. The van der Waals surface area contributed by atoms with E-state index in [4.69, 9.17) is 0 Å². The zero-order chi connectivity index (χ0) is 12.0. The molecule has 0 aliphatic rings. The highest BCUT2D eigenvalue weighted by molar-refractivity contribution is 7.89. The molecule has 1 aromatic heterocycles. The van der Waals surface area contributed by atoms with Crippen molar-refractivity contribution in [2.75, 3.05) is 12.3 Å². The molecule has 92 valence electrons. The fourth-order valence-corrected chi connectivity index (χ4v) is 3.14. The van der Waals surface area contributed by atoms with Crippen LogP contribution in [0.3, 0.4) is 0 Å². The van der Waals surface area contributed by atoms with Gasteiger partial charge >= 0.3 is 0 Å². The Morgan fingerprint density at radius 2 is 2.25 bits per heavy atom. The van der Waals surface area contributed by atoms with E-state index in [9.17, 15) is 8.42 Å². The van der Waals surface area contributed by atoms with Gasteiger partial charge in [-0.15, -0.1) is 11.3 Å². The molecule has 1 rings (SSSR count). The molecule has 0 radical (unpaired) electrons. The molecule has 0 aliphatic heterocycles. The highest BCUT2D eigenvalue weighted by Gasteiger charge is 2.08. The smallest absolute Gasteiger partial charge is 0.211 e. The van der Waals surface area contributed by atoms with E-state index in [1.807, 2.05) is 19.2 Å². The average molecular weight is 262 g/mol. The van der Waals surface area contributed by atoms with E-state index in [1.165, 1.54) is 0 Å². The molecule has 0 unspecified atom stereocenters. The Hall–Kier alpha value is -0.460. The van der Waals surface area contributed by atoms with E-state index < -0.39 is 10.0 Å². The van der Waals surface area contributed by atoms with Crippen molar-refractivity contribution in [2.45, 2.75) is 33.1 Å². The minimum Gasteiger partial charge on any atom is -0.247 e. The summed E-state index contributed by atoms with van der Waals surface area (Å²) in [4.78, 5) is 4.28. The average Bonchev–Trinajstić information content (AvgIpc) is 2.61. The molecule has 0 fully saturated rings. The molecule has 16 heavy (non-hydrogen) atoms. The molecule has 1 aromatic rings. The standard InChI is InChI=1S/C10H18N2O2S2/c1-3-4-7-16(13,14)11-6-5-10-8-15-9(2)12-10/h8,11H,3-7H2,1-2H3. The molecule has 0 saturated heterocycles. The Balaban J connectivity index is 2.29. The summed E-state index contributed by atoms with van der Waals surface area (Å²) in [6.45, 7) is 4.36. The Kier molecular flexibility index (Phi) is 5.37. The van der Waals surface area contributed by atoms with Gasteiger partial charge in [0.05, 0.1) is 16.5 Å². The number of sulfonamides is 1. The summed E-state index contributed by atoms with van der Waals surface area (Å²) >= 11 is 1.59. The highest BCUT2D eigenvalue weighted by atomic mass is 32.2. The van der Waals surface area contributed by atoms with Crippen molar-refractivity contribution in [3.8, 4) is 0 Å². The molecule has 0 aliphatic carbocycles. The first kappa shape index (κ1) is 13.6. The molecule has 1 heterocycles. The normalized spacial score (nSPS) is 11.9. The van der Waals surface area contributed by atoms with Crippen LogP contribution >= 0.6 is 11.3 Å². The summed E-state index contributed by atoms with van der Waals surface area (Å²) in [5, 5.41) is 2.99. The van der Waals surface area contributed by atoms with Crippen LogP contribution in [-0.4, -0.2) is 25.7 Å². The molecule has 1 N–H and O–H groups in total. The lowest BCUT2D eigenvalue weighted by molar-refractivity contribution is 0.578. The second kappa shape index (κ2) is 6.32. The predicted molar refractivity (Wildman–Crippen MR) is 67.3 cm³/mol. The van der Waals surface area contributed by atoms with E-state index in [1.54, 1.807) is 11.3 Å². The quantitative estimate of drug-likeness (QED) is 0.814. The van der Waals surface area contributed by atoms with Gasteiger partial charge in [-0.25, -0.2) is 18.1 Å². The predicted octanol–water partition coefficient (Wildman–Crippen LogP) is 1.71. The van der Waals surface area contributed by atoms with Gasteiger partial charge in [-0.05, 0) is 13.3 Å². The van der Waals surface area contributed by atoms with Crippen LogP contribution in [0.4, 0.5) is 0 Å². The molecule has 6 heteroatoms. The molecule has 0 saturated carbocycles. The van der Waals surface area contributed by atoms with Gasteiger partial charge in [0, 0.05) is 18.3 Å². The van der Waals surface area contributed by atoms with Crippen LogP contribution in [0.25, 0.3) is 0 Å². The number of nitrogens with zero attached hydrogens (tertiary/aromatic N) is 1. The van der Waals surface area contributed by atoms with Gasteiger partial charge in [-0.1, -0.05) is 13.3 Å². The maximum absolute atomic E-state index is 11.5. The first-order valence-corrected chi connectivity index (χ1v) is 7.95. The molecule has 4 nitrogen and oxygen atoms in total. The topological polar surface area (TPSA) is 59.1 Å². The largest absolute Gasteiger partial charge is 0.247 e. The Labute approximate surface area is 101 Å². The Morgan fingerprint density at radius 3 is 2.81 bits per heavy atom. The SMILES string of the molecule is CCCCS(=O)(=O)NCCc1csc(C)n1. The summed E-state index contributed by atoms with van der Waals surface area (Å²) < 4.78 is 25.5. The lowest BCUT2D eigenvalue weighted by Gasteiger charge is -2.04. The number of unbranched alkanes of at least 4 members (excludes halogenated alkanes) is 1. The fourth-order valence-electron chi connectivity index (χ4n) is 1.26. The van der Waals surface area contributed by atoms with Crippen molar-refractivity contribution in [1.82, 2.24) is 9.71 Å². The van der Waals surface area contributed by atoms with Crippen LogP contribution in [0.15, 0.2) is 5.38 Å². The van der Waals surface area contributed by atoms with Crippen LogP contribution in [0.1, 0.15) is 30.5 Å². The Bertz CT molecular complexity index is 412. The third kappa shape index (κ3) is 5.05. The van der Waals surface area contributed by atoms with Crippen molar-refractivity contribution in [3.63, 3.8) is 0 Å². The van der Waals surface area contributed by atoms with Gasteiger partial charge in [0.1, 0.15) is 0 Å². The van der Waals surface area contributed by atoms with Crippen LogP contribution < -0.4 is 4.72 Å². The van der Waals surface area contributed by atoms with Gasteiger partial charge in [0.15, 0.2) is 0 Å². The van der Waals surface area contributed by atoms with E-state index in [2.05, 4.69) is 9.71 Å². The second-order valence-electron chi connectivity index (χ2n) is 3.67. The van der Waals surface area contributed by atoms with Crippen molar-refractivity contribution >= 4 is 21.4 Å². The zero-order valence-corrected chi connectivity index (χ0v) is 11.3. The number of rotatable bonds is 7. The molecule has 0 spiro atoms. The van der Waals surface area contributed by atoms with Crippen LogP contribution in [0.2, 0.25) is 0 Å². The maximum Gasteiger partial charge on any atom is 0.211 e. The second-order valence-corrected chi connectivity index (χ2v) is 6.66. The van der Waals surface area contributed by atoms with Crippen molar-refractivity contribution in [3.05, 3.63) is 16.1 Å². The Morgan fingerprint density at radius 1 is 1.50 bits per heavy atom. The zero-order valence-electron chi connectivity index (χ0n) is 9.69. The summed E-state index contributed by atoms with van der Waals surface area (Å²) in [6, 6.07) is 0. The molecular formula is C10H18N2O2S2. The number of hydrogen-bond donors (Lipinski definition) is 1. The number of aryl methyl sites for hydroxylation is 1. The minimum absolute atomic E-state index is 0.222.